The van der Waals surface area contributed by atoms with Gasteiger partial charge in [-0.2, -0.15) is 0 Å². The first-order chi connectivity index (χ1) is 11.8. The lowest BCUT2D eigenvalue weighted by Gasteiger charge is -2.06. The molecule has 0 amide bonds. The number of benzene rings is 2. The van der Waals surface area contributed by atoms with Crippen molar-refractivity contribution in [2.75, 3.05) is 11.9 Å². The molecule has 10 nitrogen and oxygen atoms in total. The Labute approximate surface area is 140 Å². The molecule has 0 aromatic heterocycles. The fourth-order valence-electron chi connectivity index (χ4n) is 2.05. The number of carbonyl (C=O) groups excluding carboxylic acids is 1. The standard InChI is InChI=1S/C15H11N3O7/c19-14(20)8-16-11-3-1-2-9(4-11)15(21)10-5-12(17(22)23)7-13(6-10)18(24)25/h1-7,16H,8H2,(H,19,20). The maximum atomic E-state index is 12.5. The number of carboxylic acids is 1. The van der Waals surface area contributed by atoms with E-state index in [0.29, 0.717) is 5.69 Å². The molecule has 2 aromatic rings. The second-order valence-corrected chi connectivity index (χ2v) is 4.91. The molecule has 0 spiro atoms. The second kappa shape index (κ2) is 7.17. The van der Waals surface area contributed by atoms with Crippen LogP contribution in [0.15, 0.2) is 42.5 Å². The van der Waals surface area contributed by atoms with E-state index < -0.39 is 33.0 Å². The quantitative estimate of drug-likeness (QED) is 0.440. The highest BCUT2D eigenvalue weighted by Gasteiger charge is 2.20. The molecule has 0 unspecified atom stereocenters. The summed E-state index contributed by atoms with van der Waals surface area (Å²) in [6, 6.07) is 8.47. The molecule has 0 aliphatic heterocycles. The highest BCUT2D eigenvalue weighted by Crippen LogP contribution is 2.25. The van der Waals surface area contributed by atoms with Crippen molar-refractivity contribution in [2.24, 2.45) is 0 Å². The van der Waals surface area contributed by atoms with Gasteiger partial charge >= 0.3 is 5.97 Å². The third kappa shape index (κ3) is 4.34. The first kappa shape index (κ1) is 17.5. The largest absolute Gasteiger partial charge is 0.480 e. The Hall–Kier alpha value is -3.82. The van der Waals surface area contributed by atoms with E-state index in [1.54, 1.807) is 0 Å². The number of hydrogen-bond acceptors (Lipinski definition) is 7. The summed E-state index contributed by atoms with van der Waals surface area (Å²) in [6.07, 6.45) is 0. The lowest BCUT2D eigenvalue weighted by molar-refractivity contribution is -0.394. The highest BCUT2D eigenvalue weighted by atomic mass is 16.6. The van der Waals surface area contributed by atoms with Crippen LogP contribution in [0.1, 0.15) is 15.9 Å². The number of ketones is 1. The second-order valence-electron chi connectivity index (χ2n) is 4.91. The Bertz CT molecular complexity index is 847. The average molecular weight is 345 g/mol. The molecule has 0 aliphatic rings. The third-order valence-electron chi connectivity index (χ3n) is 3.15. The number of nitrogens with zero attached hydrogens (tertiary/aromatic N) is 2. The molecule has 25 heavy (non-hydrogen) atoms. The molecule has 0 heterocycles. The van der Waals surface area contributed by atoms with Crippen LogP contribution in [0, 0.1) is 20.2 Å². The van der Waals surface area contributed by atoms with Crippen LogP contribution in [-0.4, -0.2) is 33.3 Å². The number of carbonyl (C=O) groups is 2. The number of rotatable bonds is 7. The molecule has 0 fully saturated rings. The summed E-state index contributed by atoms with van der Waals surface area (Å²) >= 11 is 0. The van der Waals surface area contributed by atoms with Crippen LogP contribution in [0.5, 0.6) is 0 Å². The van der Waals surface area contributed by atoms with Crippen molar-refractivity contribution in [3.63, 3.8) is 0 Å². The monoisotopic (exact) mass is 345 g/mol. The van der Waals surface area contributed by atoms with Gasteiger partial charge < -0.3 is 10.4 Å². The molecular weight excluding hydrogens is 334 g/mol. The van der Waals surface area contributed by atoms with E-state index >= 15 is 0 Å². The van der Waals surface area contributed by atoms with Gasteiger partial charge in [-0.3, -0.25) is 29.8 Å². The minimum atomic E-state index is -1.09. The molecule has 2 N–H and O–H groups in total. The van der Waals surface area contributed by atoms with E-state index in [0.717, 1.165) is 18.2 Å². The summed E-state index contributed by atoms with van der Waals surface area (Å²) in [7, 11) is 0. The zero-order chi connectivity index (χ0) is 18.6. The van der Waals surface area contributed by atoms with Crippen molar-refractivity contribution in [3.8, 4) is 0 Å². The summed E-state index contributed by atoms with van der Waals surface area (Å²) < 4.78 is 0. The summed E-state index contributed by atoms with van der Waals surface area (Å²) in [4.78, 5) is 43.2. The lowest BCUT2D eigenvalue weighted by Crippen LogP contribution is -2.12. The van der Waals surface area contributed by atoms with Gasteiger partial charge in [-0.05, 0) is 12.1 Å². The average Bonchev–Trinajstić information content (AvgIpc) is 2.59. The number of nitro groups is 2. The van der Waals surface area contributed by atoms with E-state index in [1.807, 2.05) is 0 Å². The van der Waals surface area contributed by atoms with Gasteiger partial charge in [0.2, 0.25) is 0 Å². The van der Waals surface area contributed by atoms with Crippen molar-refractivity contribution in [2.45, 2.75) is 0 Å². The zero-order valence-electron chi connectivity index (χ0n) is 12.5. The van der Waals surface area contributed by atoms with Crippen molar-refractivity contribution >= 4 is 28.8 Å². The summed E-state index contributed by atoms with van der Waals surface area (Å²) in [5.41, 5.74) is -0.898. The Morgan fingerprint density at radius 1 is 0.960 bits per heavy atom. The number of non-ortho nitro benzene ring substituents is 2. The Kier molecular flexibility index (Phi) is 5.03. The maximum Gasteiger partial charge on any atom is 0.322 e. The molecule has 2 aromatic carbocycles. The zero-order valence-corrected chi connectivity index (χ0v) is 12.5. The molecule has 0 aliphatic carbocycles. The van der Waals surface area contributed by atoms with Gasteiger partial charge in [0.1, 0.15) is 6.54 Å². The molecule has 0 bridgehead atoms. The Balaban J connectivity index is 2.40. The third-order valence-corrected chi connectivity index (χ3v) is 3.15. The van der Waals surface area contributed by atoms with E-state index in [2.05, 4.69) is 5.32 Å². The van der Waals surface area contributed by atoms with Crippen LogP contribution < -0.4 is 5.32 Å². The highest BCUT2D eigenvalue weighted by molar-refractivity contribution is 6.10. The van der Waals surface area contributed by atoms with Gasteiger partial charge in [0, 0.05) is 28.9 Å². The van der Waals surface area contributed by atoms with Gasteiger partial charge in [-0.15, -0.1) is 0 Å². The fraction of sp³-hybridized carbons (Fsp3) is 0.0667. The van der Waals surface area contributed by atoms with Gasteiger partial charge in [0.05, 0.1) is 15.9 Å². The predicted octanol–water partition coefficient (Wildman–Crippen LogP) is 2.23. The molecule has 0 radical (unpaired) electrons. The van der Waals surface area contributed by atoms with E-state index in [1.165, 1.54) is 24.3 Å². The van der Waals surface area contributed by atoms with Gasteiger partial charge in [-0.1, -0.05) is 12.1 Å². The topological polar surface area (TPSA) is 153 Å². The van der Waals surface area contributed by atoms with Gasteiger partial charge in [0.15, 0.2) is 5.78 Å². The smallest absolute Gasteiger partial charge is 0.322 e. The minimum absolute atomic E-state index is 0.102. The number of aliphatic carboxylic acids is 1. The molecule has 0 saturated carbocycles. The first-order valence-corrected chi connectivity index (χ1v) is 6.82. The van der Waals surface area contributed by atoms with Crippen LogP contribution >= 0.6 is 0 Å². The summed E-state index contributed by atoms with van der Waals surface area (Å²) in [6.45, 7) is -0.361. The number of nitro benzene ring substituents is 2. The molecule has 0 atom stereocenters. The Morgan fingerprint density at radius 2 is 1.56 bits per heavy atom. The van der Waals surface area contributed by atoms with Gasteiger partial charge in [0.25, 0.3) is 11.4 Å². The number of carboxylic acid groups (broad SMARTS) is 1. The number of hydrogen-bond donors (Lipinski definition) is 2. The maximum absolute atomic E-state index is 12.5. The first-order valence-electron chi connectivity index (χ1n) is 6.82. The van der Waals surface area contributed by atoms with Gasteiger partial charge in [-0.25, -0.2) is 0 Å². The minimum Gasteiger partial charge on any atom is -0.480 e. The van der Waals surface area contributed by atoms with Crippen molar-refractivity contribution in [1.29, 1.82) is 0 Å². The summed E-state index contributed by atoms with van der Waals surface area (Å²) in [5.74, 6) is -1.75. The molecule has 2 rings (SSSR count). The summed E-state index contributed by atoms with van der Waals surface area (Å²) in [5, 5.41) is 33.0. The van der Waals surface area contributed by atoms with Crippen molar-refractivity contribution < 1.29 is 24.5 Å². The van der Waals surface area contributed by atoms with Crippen LogP contribution in [0.3, 0.4) is 0 Å². The van der Waals surface area contributed by atoms with Crippen LogP contribution in [0.4, 0.5) is 17.1 Å². The number of nitrogens with one attached hydrogen (secondary N) is 1. The molecule has 10 heteroatoms. The number of anilines is 1. The molecular formula is C15H11N3O7. The molecule has 0 saturated heterocycles. The van der Waals surface area contributed by atoms with E-state index in [-0.39, 0.29) is 17.7 Å². The lowest BCUT2D eigenvalue weighted by atomic mass is 10.0. The van der Waals surface area contributed by atoms with Crippen LogP contribution in [0.25, 0.3) is 0 Å². The molecule has 128 valence electrons. The normalized spacial score (nSPS) is 10.1. The van der Waals surface area contributed by atoms with Crippen molar-refractivity contribution in [3.05, 3.63) is 73.8 Å². The van der Waals surface area contributed by atoms with E-state index in [4.69, 9.17) is 5.11 Å². The Morgan fingerprint density at radius 3 is 2.08 bits per heavy atom. The van der Waals surface area contributed by atoms with Crippen LogP contribution in [-0.2, 0) is 4.79 Å². The predicted molar refractivity (Wildman–Crippen MR) is 85.8 cm³/mol. The van der Waals surface area contributed by atoms with Crippen molar-refractivity contribution in [1.82, 2.24) is 0 Å². The van der Waals surface area contributed by atoms with Crippen LogP contribution in [0.2, 0.25) is 0 Å². The SMILES string of the molecule is O=C(O)CNc1cccc(C(=O)c2cc([N+](=O)[O-])cc([N+](=O)[O-])c2)c1. The van der Waals surface area contributed by atoms with E-state index in [9.17, 15) is 29.8 Å². The fourth-order valence-corrected chi connectivity index (χ4v) is 2.05.